The molecule has 0 unspecified atom stereocenters. The zero-order chi connectivity index (χ0) is 25.0. The second-order valence-electron chi connectivity index (χ2n) is 9.52. The van der Waals surface area contributed by atoms with E-state index >= 15 is 0 Å². The van der Waals surface area contributed by atoms with E-state index in [1.165, 1.54) is 16.8 Å². The summed E-state index contributed by atoms with van der Waals surface area (Å²) in [5, 5.41) is 11.6. The number of aryl methyl sites for hydroxylation is 1. The lowest BCUT2D eigenvalue weighted by Gasteiger charge is -2.50. The molecular weight excluding hydrogens is 468 g/mol. The minimum absolute atomic E-state index is 0.199. The highest BCUT2D eigenvalue weighted by Crippen LogP contribution is 2.50. The first kappa shape index (κ1) is 23.8. The molecule has 0 bridgehead atoms. The number of methoxy groups -OCH3 is 1. The third-order valence-electron chi connectivity index (χ3n) is 7.64. The topological polar surface area (TPSA) is 105 Å². The number of nitrogens with zero attached hydrogens (tertiary/aromatic N) is 4. The average molecular weight is 499 g/mol. The number of aromatic nitrogens is 2. The molecule has 1 saturated heterocycles. The van der Waals surface area contributed by atoms with Crippen molar-refractivity contribution >= 4 is 26.8 Å². The summed E-state index contributed by atoms with van der Waals surface area (Å²) < 4.78 is 33.5. The molecule has 10 heteroatoms. The van der Waals surface area contributed by atoms with Crippen molar-refractivity contribution in [2.24, 2.45) is 7.05 Å². The van der Waals surface area contributed by atoms with E-state index in [-0.39, 0.29) is 12.5 Å². The molecule has 5 rings (SSSR count). The van der Waals surface area contributed by atoms with E-state index in [0.29, 0.717) is 38.0 Å². The molecular formula is C25H30N4O5S. The standard InChI is InChI=1S/C25H30N4O5S/c1-27-20-13-18(34-2)6-7-19(20)22-23(27)21(15-30)29(24(31)17-5-4-10-26-14-17)16-25(22)8-11-28(12-9-25)35(3,32)33/h4-7,10,13-14,21,30H,8-9,11-12,15-16H2,1-3H3/t21-/m0/s1. The SMILES string of the molecule is COc1ccc2c3c(n(C)c2c1)[C@H](CO)N(C(=O)c1cccnc1)CC31CCN(S(C)(=O)=O)CC1. The molecule has 0 aliphatic carbocycles. The van der Waals surface area contributed by atoms with Gasteiger partial charge in [-0.15, -0.1) is 0 Å². The van der Waals surface area contributed by atoms with Crippen LogP contribution in [-0.2, 0) is 22.5 Å². The van der Waals surface area contributed by atoms with E-state index in [1.54, 1.807) is 30.3 Å². The molecule has 1 fully saturated rings. The Balaban J connectivity index is 1.70. The first-order chi connectivity index (χ1) is 16.7. The van der Waals surface area contributed by atoms with Gasteiger partial charge < -0.3 is 19.3 Å². The van der Waals surface area contributed by atoms with Gasteiger partial charge in [-0.25, -0.2) is 12.7 Å². The highest BCUT2D eigenvalue weighted by Gasteiger charge is 2.50. The second-order valence-corrected chi connectivity index (χ2v) is 11.5. The van der Waals surface area contributed by atoms with Crippen LogP contribution in [0.15, 0.2) is 42.7 Å². The number of rotatable bonds is 4. The molecule has 1 N–H and O–H groups in total. The molecule has 35 heavy (non-hydrogen) atoms. The van der Waals surface area contributed by atoms with Gasteiger partial charge in [0.05, 0.1) is 37.1 Å². The van der Waals surface area contributed by atoms with Crippen molar-refractivity contribution in [1.82, 2.24) is 18.8 Å². The van der Waals surface area contributed by atoms with Gasteiger partial charge in [-0.05, 0) is 42.7 Å². The van der Waals surface area contributed by atoms with Gasteiger partial charge in [0.25, 0.3) is 5.91 Å². The van der Waals surface area contributed by atoms with Crippen LogP contribution >= 0.6 is 0 Å². The lowest BCUT2D eigenvalue weighted by atomic mass is 9.68. The minimum Gasteiger partial charge on any atom is -0.497 e. The summed E-state index contributed by atoms with van der Waals surface area (Å²) in [6.07, 6.45) is 5.55. The predicted molar refractivity (Wildman–Crippen MR) is 132 cm³/mol. The minimum atomic E-state index is -3.31. The van der Waals surface area contributed by atoms with Gasteiger partial charge >= 0.3 is 0 Å². The lowest BCUT2D eigenvalue weighted by molar-refractivity contribution is 0.0378. The molecule has 1 amide bonds. The zero-order valence-corrected chi connectivity index (χ0v) is 21.0. The summed E-state index contributed by atoms with van der Waals surface area (Å²) in [6.45, 7) is 0.917. The highest BCUT2D eigenvalue weighted by atomic mass is 32.2. The van der Waals surface area contributed by atoms with Gasteiger partial charge in [0.2, 0.25) is 10.0 Å². The molecule has 3 aromatic rings. The third kappa shape index (κ3) is 3.80. The molecule has 4 heterocycles. The molecule has 2 aliphatic heterocycles. The molecule has 2 aliphatic rings. The van der Waals surface area contributed by atoms with Crippen LogP contribution in [0.3, 0.4) is 0 Å². The monoisotopic (exact) mass is 498 g/mol. The van der Waals surface area contributed by atoms with Crippen LogP contribution in [0.25, 0.3) is 10.9 Å². The molecule has 186 valence electrons. The van der Waals surface area contributed by atoms with E-state index < -0.39 is 21.5 Å². The number of aliphatic hydroxyl groups is 1. The van der Waals surface area contributed by atoms with Gasteiger partial charge in [-0.3, -0.25) is 9.78 Å². The van der Waals surface area contributed by atoms with Crippen molar-refractivity contribution in [2.45, 2.75) is 24.3 Å². The Kier molecular flexibility index (Phi) is 5.85. The Morgan fingerprint density at radius 3 is 2.60 bits per heavy atom. The average Bonchev–Trinajstić information content (AvgIpc) is 3.16. The number of carbonyl (C=O) groups is 1. The maximum Gasteiger partial charge on any atom is 0.256 e. The number of fused-ring (bicyclic) bond motifs is 4. The summed E-state index contributed by atoms with van der Waals surface area (Å²) >= 11 is 0. The van der Waals surface area contributed by atoms with Crippen LogP contribution in [-0.4, -0.2) is 77.8 Å². The van der Waals surface area contributed by atoms with Gasteiger partial charge in [0.15, 0.2) is 0 Å². The molecule has 2 aromatic heterocycles. The normalized spacial score (nSPS) is 20.2. The zero-order valence-electron chi connectivity index (χ0n) is 20.1. The molecule has 1 spiro atoms. The summed E-state index contributed by atoms with van der Waals surface area (Å²) in [4.78, 5) is 19.5. The van der Waals surface area contributed by atoms with E-state index in [1.807, 2.05) is 29.8 Å². The maximum atomic E-state index is 13.7. The number of aliphatic hydroxyl groups excluding tert-OH is 1. The number of amides is 1. The molecule has 1 aromatic carbocycles. The number of benzene rings is 1. The molecule has 1 atom stereocenters. The number of sulfonamides is 1. The Morgan fingerprint density at radius 1 is 1.26 bits per heavy atom. The quantitative estimate of drug-likeness (QED) is 0.591. The third-order valence-corrected chi connectivity index (χ3v) is 8.94. The van der Waals surface area contributed by atoms with Crippen LogP contribution in [0.4, 0.5) is 0 Å². The van der Waals surface area contributed by atoms with Gasteiger partial charge in [-0.1, -0.05) is 0 Å². The summed E-state index contributed by atoms with van der Waals surface area (Å²) in [5.41, 5.74) is 2.94. The molecule has 0 radical (unpaired) electrons. The highest BCUT2D eigenvalue weighted by molar-refractivity contribution is 7.88. The Labute approximate surface area is 205 Å². The number of piperidine rings is 1. The second kappa shape index (κ2) is 8.61. The summed E-state index contributed by atoms with van der Waals surface area (Å²) in [6, 6.07) is 8.83. The fourth-order valence-corrected chi connectivity index (χ4v) is 6.73. The maximum absolute atomic E-state index is 13.7. The largest absolute Gasteiger partial charge is 0.497 e. The van der Waals surface area contributed by atoms with Crippen molar-refractivity contribution < 1.29 is 23.1 Å². The predicted octanol–water partition coefficient (Wildman–Crippen LogP) is 2.06. The van der Waals surface area contributed by atoms with E-state index in [9.17, 15) is 18.3 Å². The van der Waals surface area contributed by atoms with Crippen molar-refractivity contribution in [3.8, 4) is 5.75 Å². The van der Waals surface area contributed by atoms with Crippen molar-refractivity contribution in [3.63, 3.8) is 0 Å². The Morgan fingerprint density at radius 2 is 2.00 bits per heavy atom. The van der Waals surface area contributed by atoms with Crippen LogP contribution in [0.5, 0.6) is 5.75 Å². The number of pyridine rings is 1. The molecule has 9 nitrogen and oxygen atoms in total. The van der Waals surface area contributed by atoms with E-state index in [2.05, 4.69) is 4.98 Å². The number of carbonyl (C=O) groups excluding carboxylic acids is 1. The number of ether oxygens (including phenoxy) is 1. The first-order valence-electron chi connectivity index (χ1n) is 11.6. The Bertz CT molecular complexity index is 1380. The van der Waals surface area contributed by atoms with E-state index in [0.717, 1.165) is 27.9 Å². The fourth-order valence-electron chi connectivity index (χ4n) is 5.88. The first-order valence-corrected chi connectivity index (χ1v) is 13.5. The Hall–Kier alpha value is -2.95. The summed E-state index contributed by atoms with van der Waals surface area (Å²) in [5.74, 6) is 0.524. The summed E-state index contributed by atoms with van der Waals surface area (Å²) in [7, 11) is 0.257. The fraction of sp³-hybridized carbons (Fsp3) is 0.440. The number of hydrogen-bond donors (Lipinski definition) is 1. The van der Waals surface area contributed by atoms with E-state index in [4.69, 9.17) is 4.74 Å². The van der Waals surface area contributed by atoms with Gasteiger partial charge in [0, 0.05) is 61.6 Å². The van der Waals surface area contributed by atoms with Crippen LogP contribution in [0.1, 0.15) is 40.5 Å². The molecule has 0 saturated carbocycles. The van der Waals surface area contributed by atoms with Crippen molar-refractivity contribution in [1.29, 1.82) is 0 Å². The van der Waals surface area contributed by atoms with Gasteiger partial charge in [-0.2, -0.15) is 0 Å². The smallest absolute Gasteiger partial charge is 0.256 e. The van der Waals surface area contributed by atoms with Crippen LogP contribution < -0.4 is 4.74 Å². The van der Waals surface area contributed by atoms with Crippen LogP contribution in [0, 0.1) is 0 Å². The van der Waals surface area contributed by atoms with Crippen LogP contribution in [0.2, 0.25) is 0 Å². The van der Waals surface area contributed by atoms with Crippen molar-refractivity contribution in [2.75, 3.05) is 39.6 Å². The van der Waals surface area contributed by atoms with Gasteiger partial charge in [0.1, 0.15) is 5.75 Å². The lowest BCUT2D eigenvalue weighted by Crippen LogP contribution is -2.56. The number of hydrogen-bond acceptors (Lipinski definition) is 6. The van der Waals surface area contributed by atoms with Crippen molar-refractivity contribution in [3.05, 3.63) is 59.5 Å².